The van der Waals surface area contributed by atoms with Gasteiger partial charge in [-0.05, 0) is 82.2 Å². The van der Waals surface area contributed by atoms with Gasteiger partial charge in [0, 0.05) is 38.5 Å². The van der Waals surface area contributed by atoms with Gasteiger partial charge in [-0.1, -0.05) is 187 Å². The lowest BCUT2D eigenvalue weighted by atomic mass is 9.34. The fourth-order valence-corrected chi connectivity index (χ4v) is 10.5. The van der Waals surface area contributed by atoms with Crippen molar-refractivity contribution in [2.75, 3.05) is 4.90 Å². The van der Waals surface area contributed by atoms with Gasteiger partial charge in [-0.15, -0.1) is 0 Å². The van der Waals surface area contributed by atoms with Crippen LogP contribution in [0.4, 0.5) is 17.1 Å². The third-order valence-corrected chi connectivity index (χ3v) is 13.2. The highest BCUT2D eigenvalue weighted by Crippen LogP contribution is 2.42. The van der Waals surface area contributed by atoms with Crippen LogP contribution in [0.15, 0.2) is 237 Å². The van der Waals surface area contributed by atoms with Crippen LogP contribution in [0.5, 0.6) is 0 Å². The molecule has 0 radical (unpaired) electrons. The van der Waals surface area contributed by atoms with E-state index in [1.54, 1.807) is 0 Å². The molecule has 0 bridgehead atoms. The highest BCUT2D eigenvalue weighted by atomic mass is 15.2. The maximum Gasteiger partial charge on any atom is 0.247 e. The summed E-state index contributed by atoms with van der Waals surface area (Å²) in [7, 11) is 0. The lowest BCUT2D eigenvalue weighted by Crippen LogP contribution is -2.57. The van der Waals surface area contributed by atoms with Crippen molar-refractivity contribution < 1.29 is 0 Å². The molecule has 4 nitrogen and oxygen atoms in total. The van der Waals surface area contributed by atoms with Crippen LogP contribution in [0.3, 0.4) is 0 Å². The van der Waals surface area contributed by atoms with Gasteiger partial charge in [0.05, 0.1) is 27.8 Å². The molecule has 0 fully saturated rings. The number of hydrogen-bond donors (Lipinski definition) is 0. The SMILES string of the molecule is c1ccc(-c2ccccc2N2c3ccccc3B(c3ccccc3-c3cc(-n4c5ccccc5c5ccccc54)nc(-n4c5ccccc5c5ccccc54)c3)c3ccccc32)cc1. The Morgan fingerprint density at radius 2 is 0.672 bits per heavy atom. The summed E-state index contributed by atoms with van der Waals surface area (Å²) in [5.41, 5.74) is 16.4. The Morgan fingerprint density at radius 3 is 1.17 bits per heavy atom. The van der Waals surface area contributed by atoms with E-state index in [1.165, 1.54) is 66.0 Å². The molecule has 0 saturated heterocycles. The number of pyridine rings is 1. The van der Waals surface area contributed by atoms with E-state index in [1.807, 2.05) is 0 Å². The van der Waals surface area contributed by atoms with Gasteiger partial charge in [-0.3, -0.25) is 9.13 Å². The summed E-state index contributed by atoms with van der Waals surface area (Å²) in [4.78, 5) is 8.13. The quantitative estimate of drug-likeness (QED) is 0.156. The third kappa shape index (κ3) is 5.54. The van der Waals surface area contributed by atoms with Crippen molar-refractivity contribution in [3.05, 3.63) is 237 Å². The lowest BCUT2D eigenvalue weighted by molar-refractivity contribution is 1.01. The second-order valence-electron chi connectivity index (χ2n) is 16.7. The molecule has 0 saturated carbocycles. The maximum absolute atomic E-state index is 5.65. The summed E-state index contributed by atoms with van der Waals surface area (Å²) in [6.45, 7) is -0.0507. The van der Waals surface area contributed by atoms with Crippen LogP contribution in [0.1, 0.15) is 0 Å². The van der Waals surface area contributed by atoms with E-state index < -0.39 is 0 Å². The summed E-state index contributed by atoms with van der Waals surface area (Å²) in [6.07, 6.45) is 0. The molecule has 1 aliphatic heterocycles. The molecule has 12 aromatic rings. The molecular weight excluding hydrogens is 775 g/mol. The molecule has 4 heterocycles. The van der Waals surface area contributed by atoms with Gasteiger partial charge in [-0.2, -0.15) is 0 Å². The molecule has 0 amide bonds. The minimum atomic E-state index is -0.0507. The van der Waals surface area contributed by atoms with E-state index >= 15 is 0 Å². The van der Waals surface area contributed by atoms with Gasteiger partial charge in [0.2, 0.25) is 6.71 Å². The monoisotopic (exact) mass is 814 g/mol. The Hall–Kier alpha value is -8.41. The Labute approximate surface area is 371 Å². The average Bonchev–Trinajstić information content (AvgIpc) is 3.89. The number of benzene rings is 9. The molecule has 13 rings (SSSR count). The number of para-hydroxylation sites is 7. The topological polar surface area (TPSA) is 26.0 Å². The minimum Gasteiger partial charge on any atom is -0.311 e. The fourth-order valence-electron chi connectivity index (χ4n) is 10.5. The Balaban J connectivity index is 1.07. The van der Waals surface area contributed by atoms with Crippen molar-refractivity contribution >= 4 is 83.8 Å². The summed E-state index contributed by atoms with van der Waals surface area (Å²) < 4.78 is 4.70. The number of aromatic nitrogens is 3. The number of fused-ring (bicyclic) bond motifs is 8. The second-order valence-corrected chi connectivity index (χ2v) is 16.7. The minimum absolute atomic E-state index is 0.0507. The van der Waals surface area contributed by atoms with Crippen molar-refractivity contribution in [1.29, 1.82) is 0 Å². The van der Waals surface area contributed by atoms with Crippen LogP contribution in [-0.4, -0.2) is 20.8 Å². The first-order valence-electron chi connectivity index (χ1n) is 22.0. The zero-order valence-corrected chi connectivity index (χ0v) is 34.9. The normalized spacial score (nSPS) is 12.3. The smallest absolute Gasteiger partial charge is 0.247 e. The molecule has 9 aromatic carbocycles. The summed E-state index contributed by atoms with van der Waals surface area (Å²) in [5.74, 6) is 1.74. The standard InChI is InChI=1S/C59H39BN4/c1-2-20-40(21-3-1)43-23-5-13-31-51(43)62-56-36-18-11-29-49(56)60(50-30-12-19-37-57(50)62)48-28-10-4-22-42(48)41-38-58(63-52-32-14-6-24-44(52)45-25-7-15-33-53(45)63)61-59(39-41)64-54-34-16-8-26-46(54)47-27-9-17-35-55(47)64/h1-39H. The first-order chi connectivity index (χ1) is 31.8. The zero-order valence-electron chi connectivity index (χ0n) is 34.9. The summed E-state index contributed by atoms with van der Waals surface area (Å²) >= 11 is 0. The van der Waals surface area contributed by atoms with Gasteiger partial charge in [0.1, 0.15) is 11.6 Å². The molecule has 64 heavy (non-hydrogen) atoms. The van der Waals surface area contributed by atoms with E-state index in [-0.39, 0.29) is 6.71 Å². The maximum atomic E-state index is 5.65. The van der Waals surface area contributed by atoms with Crippen LogP contribution in [-0.2, 0) is 0 Å². The highest BCUT2D eigenvalue weighted by molar-refractivity contribution is 6.98. The van der Waals surface area contributed by atoms with Crippen molar-refractivity contribution in [3.63, 3.8) is 0 Å². The third-order valence-electron chi connectivity index (χ3n) is 13.2. The van der Waals surface area contributed by atoms with Crippen molar-refractivity contribution in [2.45, 2.75) is 0 Å². The van der Waals surface area contributed by atoms with Crippen LogP contribution in [0.25, 0.3) is 77.5 Å². The van der Waals surface area contributed by atoms with Gasteiger partial charge in [0.25, 0.3) is 0 Å². The van der Waals surface area contributed by atoms with Crippen LogP contribution < -0.4 is 21.3 Å². The first-order valence-corrected chi connectivity index (χ1v) is 22.0. The van der Waals surface area contributed by atoms with Crippen LogP contribution in [0.2, 0.25) is 0 Å². The van der Waals surface area contributed by atoms with Crippen molar-refractivity contribution in [3.8, 4) is 33.9 Å². The van der Waals surface area contributed by atoms with Crippen molar-refractivity contribution in [2.24, 2.45) is 0 Å². The number of nitrogens with zero attached hydrogens (tertiary/aromatic N) is 4. The molecule has 3 aromatic heterocycles. The lowest BCUT2D eigenvalue weighted by Gasteiger charge is -2.38. The first kappa shape index (κ1) is 36.3. The van der Waals surface area contributed by atoms with E-state index in [9.17, 15) is 0 Å². The predicted molar refractivity (Wildman–Crippen MR) is 270 cm³/mol. The molecule has 0 N–H and O–H groups in total. The molecular formula is C59H39BN4. The predicted octanol–water partition coefficient (Wildman–Crippen LogP) is 12.9. The molecule has 0 atom stereocenters. The van der Waals surface area contributed by atoms with Crippen LogP contribution >= 0.6 is 0 Å². The Morgan fingerprint density at radius 1 is 0.297 bits per heavy atom. The Bertz CT molecular complexity index is 3480. The highest BCUT2D eigenvalue weighted by Gasteiger charge is 2.37. The van der Waals surface area contributed by atoms with Gasteiger partial charge in [0.15, 0.2) is 0 Å². The molecule has 0 unspecified atom stereocenters. The Kier molecular flexibility index (Phi) is 8.28. The van der Waals surface area contributed by atoms with E-state index in [4.69, 9.17) is 4.98 Å². The van der Waals surface area contributed by atoms with Crippen molar-refractivity contribution in [1.82, 2.24) is 14.1 Å². The molecule has 298 valence electrons. The second kappa shape index (κ2) is 14.6. The zero-order chi connectivity index (χ0) is 42.1. The summed E-state index contributed by atoms with van der Waals surface area (Å²) in [6, 6.07) is 85.9. The number of anilines is 3. The molecule has 1 aliphatic rings. The number of rotatable bonds is 6. The molecule has 5 heteroatoms. The number of hydrogen-bond acceptors (Lipinski definition) is 2. The molecule has 0 spiro atoms. The van der Waals surface area contributed by atoms with Gasteiger partial charge >= 0.3 is 0 Å². The van der Waals surface area contributed by atoms with E-state index in [0.29, 0.717) is 0 Å². The van der Waals surface area contributed by atoms with Crippen LogP contribution in [0, 0.1) is 0 Å². The fraction of sp³-hybridized carbons (Fsp3) is 0. The van der Waals surface area contributed by atoms with Gasteiger partial charge in [-0.25, -0.2) is 4.98 Å². The van der Waals surface area contributed by atoms with E-state index in [0.717, 1.165) is 45.0 Å². The van der Waals surface area contributed by atoms with E-state index in [2.05, 4.69) is 251 Å². The largest absolute Gasteiger partial charge is 0.311 e. The average molecular weight is 815 g/mol. The molecule has 0 aliphatic carbocycles. The summed E-state index contributed by atoms with van der Waals surface area (Å²) in [5, 5.41) is 4.83. The van der Waals surface area contributed by atoms with Gasteiger partial charge < -0.3 is 4.90 Å².